The minimum atomic E-state index is 0.746. The lowest BCUT2D eigenvalue weighted by Gasteiger charge is -2.18. The van der Waals surface area contributed by atoms with Gasteiger partial charge < -0.3 is 5.32 Å². The molecule has 1 fully saturated rings. The third-order valence-electron chi connectivity index (χ3n) is 3.03. The molecule has 1 aliphatic carbocycles. The smallest absolute Gasteiger partial charge is 0.0155 e. The molecule has 0 aromatic carbocycles. The fraction of sp³-hybridized carbons (Fsp3) is 1.00. The van der Waals surface area contributed by atoms with Gasteiger partial charge in [-0.3, -0.25) is 0 Å². The summed E-state index contributed by atoms with van der Waals surface area (Å²) >= 11 is 1.95. The third kappa shape index (κ3) is 4.37. The normalized spacial score (nSPS) is 20.8. The average Bonchev–Trinajstić information content (AvgIpc) is 2.64. The van der Waals surface area contributed by atoms with Crippen molar-refractivity contribution in [3.8, 4) is 0 Å². The topological polar surface area (TPSA) is 12.0 Å². The van der Waals surface area contributed by atoms with E-state index in [1.165, 1.54) is 44.4 Å². The van der Waals surface area contributed by atoms with E-state index in [2.05, 4.69) is 18.5 Å². The standard InChI is InChI=1S/C11H23NS/c1-3-11(9-13-2)12-8-10-6-4-5-7-10/h10-12H,3-9H2,1-2H3. The van der Waals surface area contributed by atoms with Gasteiger partial charge in [0.25, 0.3) is 0 Å². The fourth-order valence-corrected chi connectivity index (χ4v) is 2.83. The van der Waals surface area contributed by atoms with Crippen LogP contribution in [0.2, 0.25) is 0 Å². The van der Waals surface area contributed by atoms with Crippen molar-refractivity contribution in [2.24, 2.45) is 5.92 Å². The molecule has 0 saturated heterocycles. The Morgan fingerprint density at radius 3 is 2.62 bits per heavy atom. The maximum atomic E-state index is 3.69. The van der Waals surface area contributed by atoms with Crippen molar-refractivity contribution in [1.29, 1.82) is 0 Å². The molecule has 1 N–H and O–H groups in total. The summed E-state index contributed by atoms with van der Waals surface area (Å²) in [6.45, 7) is 3.54. The molecule has 1 nitrogen and oxygen atoms in total. The summed E-state index contributed by atoms with van der Waals surface area (Å²) in [5.74, 6) is 2.25. The summed E-state index contributed by atoms with van der Waals surface area (Å²) in [6, 6.07) is 0.746. The molecule has 1 unspecified atom stereocenters. The second kappa shape index (κ2) is 6.72. The van der Waals surface area contributed by atoms with Gasteiger partial charge in [0, 0.05) is 11.8 Å². The predicted octanol–water partition coefficient (Wildman–Crippen LogP) is 2.91. The van der Waals surface area contributed by atoms with Crippen LogP contribution in [0.4, 0.5) is 0 Å². The van der Waals surface area contributed by atoms with Gasteiger partial charge in [-0.05, 0) is 38.0 Å². The molecular weight excluding hydrogens is 178 g/mol. The van der Waals surface area contributed by atoms with Crippen LogP contribution >= 0.6 is 11.8 Å². The molecule has 0 heterocycles. The first kappa shape index (κ1) is 11.4. The van der Waals surface area contributed by atoms with Crippen molar-refractivity contribution in [3.63, 3.8) is 0 Å². The first-order chi connectivity index (χ1) is 6.36. The summed E-state index contributed by atoms with van der Waals surface area (Å²) in [7, 11) is 0. The van der Waals surface area contributed by atoms with Crippen LogP contribution in [-0.4, -0.2) is 24.6 Å². The van der Waals surface area contributed by atoms with E-state index in [1.54, 1.807) is 0 Å². The van der Waals surface area contributed by atoms with Gasteiger partial charge in [-0.2, -0.15) is 11.8 Å². The molecule has 0 bridgehead atoms. The molecule has 0 aliphatic heterocycles. The van der Waals surface area contributed by atoms with Crippen LogP contribution in [0.1, 0.15) is 39.0 Å². The van der Waals surface area contributed by atoms with Crippen molar-refractivity contribution in [2.45, 2.75) is 45.1 Å². The molecule has 0 spiro atoms. The monoisotopic (exact) mass is 201 g/mol. The van der Waals surface area contributed by atoms with Crippen LogP contribution in [-0.2, 0) is 0 Å². The predicted molar refractivity (Wildman–Crippen MR) is 62.4 cm³/mol. The minimum Gasteiger partial charge on any atom is -0.313 e. The van der Waals surface area contributed by atoms with E-state index in [4.69, 9.17) is 0 Å². The van der Waals surface area contributed by atoms with E-state index in [9.17, 15) is 0 Å². The first-order valence-corrected chi connectivity index (χ1v) is 6.98. The Kier molecular flexibility index (Phi) is 5.88. The third-order valence-corrected chi connectivity index (χ3v) is 3.77. The quantitative estimate of drug-likeness (QED) is 0.709. The van der Waals surface area contributed by atoms with Gasteiger partial charge in [-0.1, -0.05) is 19.8 Å². The van der Waals surface area contributed by atoms with E-state index < -0.39 is 0 Å². The summed E-state index contributed by atoms with van der Waals surface area (Å²) in [5.41, 5.74) is 0. The summed E-state index contributed by atoms with van der Waals surface area (Å²) in [5, 5.41) is 3.69. The Morgan fingerprint density at radius 2 is 2.08 bits per heavy atom. The lowest BCUT2D eigenvalue weighted by Crippen LogP contribution is -2.34. The second-order valence-corrected chi connectivity index (χ2v) is 5.03. The van der Waals surface area contributed by atoms with Crippen molar-refractivity contribution in [1.82, 2.24) is 5.32 Å². The molecule has 1 aliphatic rings. The van der Waals surface area contributed by atoms with Crippen LogP contribution in [0, 0.1) is 5.92 Å². The van der Waals surface area contributed by atoms with Gasteiger partial charge in [0.1, 0.15) is 0 Å². The van der Waals surface area contributed by atoms with Crippen molar-refractivity contribution in [2.75, 3.05) is 18.6 Å². The summed E-state index contributed by atoms with van der Waals surface area (Å²) < 4.78 is 0. The number of rotatable bonds is 6. The van der Waals surface area contributed by atoms with Crippen LogP contribution in [0.3, 0.4) is 0 Å². The lowest BCUT2D eigenvalue weighted by atomic mass is 10.1. The van der Waals surface area contributed by atoms with E-state index in [1.807, 2.05) is 11.8 Å². The Labute approximate surface area is 87.1 Å². The highest BCUT2D eigenvalue weighted by molar-refractivity contribution is 7.98. The van der Waals surface area contributed by atoms with Crippen LogP contribution in [0.25, 0.3) is 0 Å². The Bertz CT molecular complexity index is 121. The van der Waals surface area contributed by atoms with Crippen LogP contribution in [0.5, 0.6) is 0 Å². The van der Waals surface area contributed by atoms with Crippen molar-refractivity contribution >= 4 is 11.8 Å². The molecular formula is C11H23NS. The molecule has 1 atom stereocenters. The first-order valence-electron chi connectivity index (χ1n) is 5.59. The zero-order valence-corrected chi connectivity index (χ0v) is 9.83. The van der Waals surface area contributed by atoms with E-state index in [-0.39, 0.29) is 0 Å². The molecule has 0 aromatic rings. The van der Waals surface area contributed by atoms with Gasteiger partial charge in [0.05, 0.1) is 0 Å². The second-order valence-electron chi connectivity index (χ2n) is 4.12. The van der Waals surface area contributed by atoms with Gasteiger partial charge in [0.15, 0.2) is 0 Å². The molecule has 1 saturated carbocycles. The van der Waals surface area contributed by atoms with Gasteiger partial charge in [-0.25, -0.2) is 0 Å². The van der Waals surface area contributed by atoms with E-state index in [0.717, 1.165) is 12.0 Å². The molecule has 2 heteroatoms. The van der Waals surface area contributed by atoms with E-state index in [0.29, 0.717) is 0 Å². The van der Waals surface area contributed by atoms with Gasteiger partial charge >= 0.3 is 0 Å². The highest BCUT2D eigenvalue weighted by Gasteiger charge is 2.15. The molecule has 13 heavy (non-hydrogen) atoms. The highest BCUT2D eigenvalue weighted by Crippen LogP contribution is 2.23. The number of thioether (sulfide) groups is 1. The Morgan fingerprint density at radius 1 is 1.38 bits per heavy atom. The van der Waals surface area contributed by atoms with Gasteiger partial charge in [0.2, 0.25) is 0 Å². The molecule has 0 radical (unpaired) electrons. The Balaban J connectivity index is 2.07. The molecule has 1 rings (SSSR count). The molecule has 78 valence electrons. The SMILES string of the molecule is CCC(CSC)NCC1CCCC1. The minimum absolute atomic E-state index is 0.746. The van der Waals surface area contributed by atoms with Crippen LogP contribution in [0.15, 0.2) is 0 Å². The lowest BCUT2D eigenvalue weighted by molar-refractivity contribution is 0.442. The maximum Gasteiger partial charge on any atom is 0.0155 e. The average molecular weight is 201 g/mol. The number of hydrogen-bond acceptors (Lipinski definition) is 2. The maximum absolute atomic E-state index is 3.69. The summed E-state index contributed by atoms with van der Waals surface area (Å²) in [6.07, 6.45) is 9.32. The van der Waals surface area contributed by atoms with Crippen molar-refractivity contribution in [3.05, 3.63) is 0 Å². The number of nitrogens with one attached hydrogen (secondary N) is 1. The zero-order valence-electron chi connectivity index (χ0n) is 9.01. The summed E-state index contributed by atoms with van der Waals surface area (Å²) in [4.78, 5) is 0. The van der Waals surface area contributed by atoms with Crippen LogP contribution < -0.4 is 5.32 Å². The molecule has 0 aromatic heterocycles. The van der Waals surface area contributed by atoms with Crippen molar-refractivity contribution < 1.29 is 0 Å². The van der Waals surface area contributed by atoms with Gasteiger partial charge in [-0.15, -0.1) is 0 Å². The largest absolute Gasteiger partial charge is 0.313 e. The highest BCUT2D eigenvalue weighted by atomic mass is 32.2. The number of hydrogen-bond donors (Lipinski definition) is 1. The Hall–Kier alpha value is 0.310. The van der Waals surface area contributed by atoms with E-state index >= 15 is 0 Å². The molecule has 0 amide bonds. The fourth-order valence-electron chi connectivity index (χ4n) is 2.07. The zero-order chi connectivity index (χ0) is 9.52.